The van der Waals surface area contributed by atoms with Crippen molar-refractivity contribution < 1.29 is 9.53 Å². The van der Waals surface area contributed by atoms with E-state index in [0.29, 0.717) is 5.56 Å². The minimum atomic E-state index is -0.371. The quantitative estimate of drug-likeness (QED) is 0.635. The van der Waals surface area contributed by atoms with Gasteiger partial charge in [0.05, 0.1) is 18.4 Å². The van der Waals surface area contributed by atoms with Crippen molar-refractivity contribution >= 4 is 29.3 Å². The zero-order valence-corrected chi connectivity index (χ0v) is 11.9. The van der Waals surface area contributed by atoms with Crippen LogP contribution in [0.1, 0.15) is 16.1 Å². The lowest BCUT2D eigenvalue weighted by Crippen LogP contribution is -2.02. The van der Waals surface area contributed by atoms with Crippen LogP contribution in [0.4, 0.5) is 0 Å². The SMILES string of the molecule is COC(=O)c1ccc(CSc2ccc(Cl)cc2)nc1. The zero-order chi connectivity index (χ0) is 13.7. The van der Waals surface area contributed by atoms with Gasteiger partial charge in [-0.25, -0.2) is 4.79 Å². The number of halogens is 1. The van der Waals surface area contributed by atoms with E-state index in [1.54, 1.807) is 17.8 Å². The first-order valence-electron chi connectivity index (χ1n) is 5.60. The van der Waals surface area contributed by atoms with Gasteiger partial charge >= 0.3 is 5.97 Å². The molecule has 0 bridgehead atoms. The molecule has 0 saturated heterocycles. The molecule has 0 N–H and O–H groups in total. The van der Waals surface area contributed by atoms with E-state index in [-0.39, 0.29) is 5.97 Å². The maximum Gasteiger partial charge on any atom is 0.339 e. The molecule has 0 saturated carbocycles. The minimum absolute atomic E-state index is 0.371. The molecule has 0 atom stereocenters. The van der Waals surface area contributed by atoms with Gasteiger partial charge in [0.1, 0.15) is 0 Å². The second-order valence-electron chi connectivity index (χ2n) is 3.77. The average molecular weight is 294 g/mol. The molecule has 0 amide bonds. The number of methoxy groups -OCH3 is 1. The molecule has 2 rings (SSSR count). The lowest BCUT2D eigenvalue weighted by atomic mass is 10.2. The van der Waals surface area contributed by atoms with Crippen molar-refractivity contribution in [3.05, 3.63) is 58.9 Å². The van der Waals surface area contributed by atoms with E-state index in [4.69, 9.17) is 11.6 Å². The molecule has 0 spiro atoms. The Labute approximate surface area is 121 Å². The Morgan fingerprint density at radius 1 is 1.26 bits per heavy atom. The summed E-state index contributed by atoms with van der Waals surface area (Å²) in [6.45, 7) is 0. The topological polar surface area (TPSA) is 39.2 Å². The monoisotopic (exact) mass is 293 g/mol. The summed E-state index contributed by atoms with van der Waals surface area (Å²) in [6, 6.07) is 11.2. The van der Waals surface area contributed by atoms with Crippen LogP contribution in [0.25, 0.3) is 0 Å². The molecule has 0 unspecified atom stereocenters. The third-order valence-electron chi connectivity index (χ3n) is 2.45. The van der Waals surface area contributed by atoms with Gasteiger partial charge in [-0.3, -0.25) is 4.98 Å². The van der Waals surface area contributed by atoms with Gasteiger partial charge in [-0.15, -0.1) is 11.8 Å². The molecule has 3 nitrogen and oxygen atoms in total. The second-order valence-corrected chi connectivity index (χ2v) is 5.26. The van der Waals surface area contributed by atoms with E-state index in [1.165, 1.54) is 13.3 Å². The van der Waals surface area contributed by atoms with Crippen LogP contribution in [0.15, 0.2) is 47.5 Å². The number of carbonyl (C=O) groups excluding carboxylic acids is 1. The molecule has 1 aromatic carbocycles. The number of nitrogens with zero attached hydrogens (tertiary/aromatic N) is 1. The van der Waals surface area contributed by atoms with Gasteiger partial charge in [0.15, 0.2) is 0 Å². The molecule has 98 valence electrons. The van der Waals surface area contributed by atoms with Gasteiger partial charge < -0.3 is 4.74 Å². The molecule has 5 heteroatoms. The summed E-state index contributed by atoms with van der Waals surface area (Å²) in [5.41, 5.74) is 1.37. The highest BCUT2D eigenvalue weighted by Gasteiger charge is 2.05. The normalized spacial score (nSPS) is 10.2. The van der Waals surface area contributed by atoms with Crippen LogP contribution < -0.4 is 0 Å². The number of ether oxygens (including phenoxy) is 1. The first kappa shape index (κ1) is 13.9. The summed E-state index contributed by atoms with van der Waals surface area (Å²) >= 11 is 7.49. The Morgan fingerprint density at radius 2 is 2.00 bits per heavy atom. The molecule has 1 heterocycles. The first-order chi connectivity index (χ1) is 9.19. The summed E-state index contributed by atoms with van der Waals surface area (Å²) in [6.07, 6.45) is 1.53. The van der Waals surface area contributed by atoms with Crippen molar-refractivity contribution in [2.75, 3.05) is 7.11 Å². The smallest absolute Gasteiger partial charge is 0.339 e. The summed E-state index contributed by atoms with van der Waals surface area (Å²) in [4.78, 5) is 16.6. The second kappa shape index (κ2) is 6.59. The number of esters is 1. The highest BCUT2D eigenvalue weighted by atomic mass is 35.5. The van der Waals surface area contributed by atoms with Crippen molar-refractivity contribution in [2.24, 2.45) is 0 Å². The van der Waals surface area contributed by atoms with Gasteiger partial charge in [-0.05, 0) is 36.4 Å². The van der Waals surface area contributed by atoms with Crippen LogP contribution in [0.5, 0.6) is 0 Å². The highest BCUT2D eigenvalue weighted by Crippen LogP contribution is 2.23. The number of hydrogen-bond donors (Lipinski definition) is 0. The Morgan fingerprint density at radius 3 is 2.58 bits per heavy atom. The number of thioether (sulfide) groups is 1. The molecule has 0 aliphatic heterocycles. The van der Waals surface area contributed by atoms with Gasteiger partial charge in [-0.2, -0.15) is 0 Å². The maximum absolute atomic E-state index is 11.3. The molecule has 0 fully saturated rings. The largest absolute Gasteiger partial charge is 0.465 e. The van der Waals surface area contributed by atoms with Crippen molar-refractivity contribution in [3.63, 3.8) is 0 Å². The molecule has 0 aliphatic rings. The third-order valence-corrected chi connectivity index (χ3v) is 3.74. The molecular weight excluding hydrogens is 282 g/mol. The maximum atomic E-state index is 11.3. The molecular formula is C14H12ClNO2S. The first-order valence-corrected chi connectivity index (χ1v) is 6.97. The van der Waals surface area contributed by atoms with E-state index in [1.807, 2.05) is 30.3 Å². The Kier molecular flexibility index (Phi) is 4.82. The average Bonchev–Trinajstić information content (AvgIpc) is 2.46. The van der Waals surface area contributed by atoms with Crippen molar-refractivity contribution in [2.45, 2.75) is 10.6 Å². The number of benzene rings is 1. The van der Waals surface area contributed by atoms with Crippen LogP contribution in [0.2, 0.25) is 5.02 Å². The molecule has 1 aromatic heterocycles. The fourth-order valence-corrected chi connectivity index (χ4v) is 2.38. The van der Waals surface area contributed by atoms with Crippen molar-refractivity contribution in [1.29, 1.82) is 0 Å². The number of rotatable bonds is 4. The van der Waals surface area contributed by atoms with E-state index >= 15 is 0 Å². The van der Waals surface area contributed by atoms with Crippen LogP contribution in [0.3, 0.4) is 0 Å². The standard InChI is InChI=1S/C14H12ClNO2S/c1-18-14(17)10-2-5-12(16-8-10)9-19-13-6-3-11(15)4-7-13/h2-8H,9H2,1H3. The minimum Gasteiger partial charge on any atom is -0.465 e. The predicted octanol–water partition coefficient (Wildman–Crippen LogP) is 3.81. The number of carbonyl (C=O) groups is 1. The molecule has 19 heavy (non-hydrogen) atoms. The Bertz CT molecular complexity index is 555. The van der Waals surface area contributed by atoms with Crippen LogP contribution in [-0.2, 0) is 10.5 Å². The lowest BCUT2D eigenvalue weighted by molar-refractivity contribution is 0.0600. The van der Waals surface area contributed by atoms with Gasteiger partial charge in [0, 0.05) is 21.9 Å². The molecule has 0 aliphatic carbocycles. The summed E-state index contributed by atoms with van der Waals surface area (Å²) in [7, 11) is 1.35. The fraction of sp³-hybridized carbons (Fsp3) is 0.143. The highest BCUT2D eigenvalue weighted by molar-refractivity contribution is 7.98. The number of pyridine rings is 1. The summed E-state index contributed by atoms with van der Waals surface area (Å²) in [5, 5.41) is 0.727. The van der Waals surface area contributed by atoms with Gasteiger partial charge in [-0.1, -0.05) is 11.6 Å². The third kappa shape index (κ3) is 3.98. The van der Waals surface area contributed by atoms with Crippen molar-refractivity contribution in [1.82, 2.24) is 4.98 Å². The van der Waals surface area contributed by atoms with E-state index < -0.39 is 0 Å². The Balaban J connectivity index is 1.96. The van der Waals surface area contributed by atoms with Gasteiger partial charge in [0.2, 0.25) is 0 Å². The molecule has 0 radical (unpaired) electrons. The number of aromatic nitrogens is 1. The summed E-state index contributed by atoms with van der Waals surface area (Å²) in [5.74, 6) is 0.368. The lowest BCUT2D eigenvalue weighted by Gasteiger charge is -2.03. The summed E-state index contributed by atoms with van der Waals surface area (Å²) < 4.78 is 4.62. The zero-order valence-electron chi connectivity index (χ0n) is 10.3. The van der Waals surface area contributed by atoms with E-state index in [2.05, 4.69) is 9.72 Å². The van der Waals surface area contributed by atoms with Crippen LogP contribution >= 0.6 is 23.4 Å². The van der Waals surface area contributed by atoms with Gasteiger partial charge in [0.25, 0.3) is 0 Å². The van der Waals surface area contributed by atoms with Crippen LogP contribution in [-0.4, -0.2) is 18.1 Å². The molecule has 2 aromatic rings. The van der Waals surface area contributed by atoms with Crippen LogP contribution in [0, 0.1) is 0 Å². The van der Waals surface area contributed by atoms with E-state index in [0.717, 1.165) is 21.4 Å². The number of hydrogen-bond acceptors (Lipinski definition) is 4. The van der Waals surface area contributed by atoms with E-state index in [9.17, 15) is 4.79 Å². The fourth-order valence-electron chi connectivity index (χ4n) is 1.44. The Hall–Kier alpha value is -1.52. The predicted molar refractivity (Wildman–Crippen MR) is 76.6 cm³/mol. The van der Waals surface area contributed by atoms with Crippen molar-refractivity contribution in [3.8, 4) is 0 Å².